The van der Waals surface area contributed by atoms with Crippen LogP contribution in [0.1, 0.15) is 18.9 Å². The highest BCUT2D eigenvalue weighted by Gasteiger charge is 2.14. The van der Waals surface area contributed by atoms with Gasteiger partial charge in [0.2, 0.25) is 0 Å². The summed E-state index contributed by atoms with van der Waals surface area (Å²) < 4.78 is 77.0. The van der Waals surface area contributed by atoms with Crippen LogP contribution in [0.3, 0.4) is 0 Å². The topological polar surface area (TPSA) is 144 Å². The molecule has 0 atom stereocenters. The van der Waals surface area contributed by atoms with E-state index in [-0.39, 0.29) is 30.5 Å². The fourth-order valence-electron chi connectivity index (χ4n) is 3.01. The lowest BCUT2D eigenvalue weighted by atomic mass is 10.2. The number of hydrogen-bond acceptors (Lipinski definition) is 13. The van der Waals surface area contributed by atoms with E-state index < -0.39 is 10.1 Å². The normalized spacial score (nSPS) is 11.7. The van der Waals surface area contributed by atoms with Crippen LogP contribution in [0.5, 0.6) is 0 Å². The van der Waals surface area contributed by atoms with Crippen molar-refractivity contribution in [2.75, 3.05) is 119 Å². The van der Waals surface area contributed by atoms with Gasteiger partial charge in [-0.05, 0) is 26.0 Å². The van der Waals surface area contributed by atoms with Crippen LogP contribution in [0.15, 0.2) is 29.2 Å². The molecule has 0 fully saturated rings. The summed E-state index contributed by atoms with van der Waals surface area (Å²) in [6.07, 6.45) is 0.248. The van der Waals surface area contributed by atoms with Crippen LogP contribution in [0.2, 0.25) is 0 Å². The van der Waals surface area contributed by atoms with Crippen molar-refractivity contribution in [1.29, 1.82) is 0 Å². The smallest absolute Gasteiger partial charge is 0.308 e. The Morgan fingerprint density at radius 2 is 0.881 bits per heavy atom. The summed E-state index contributed by atoms with van der Waals surface area (Å²) in [5, 5.41) is 0. The lowest BCUT2D eigenvalue weighted by molar-refractivity contribution is -0.144. The largest absolute Gasteiger partial charge is 0.466 e. The van der Waals surface area contributed by atoms with E-state index in [1.807, 2.05) is 6.92 Å². The maximum Gasteiger partial charge on any atom is 0.308 e. The fourth-order valence-corrected chi connectivity index (χ4v) is 3.90. The molecule has 0 aliphatic rings. The Morgan fingerprint density at radius 3 is 1.24 bits per heavy atom. The van der Waals surface area contributed by atoms with Crippen molar-refractivity contribution in [3.05, 3.63) is 29.8 Å². The molecule has 42 heavy (non-hydrogen) atoms. The highest BCUT2D eigenvalue weighted by Crippen LogP contribution is 2.12. The van der Waals surface area contributed by atoms with E-state index in [2.05, 4.69) is 0 Å². The summed E-state index contributed by atoms with van der Waals surface area (Å²) in [5.74, 6) is -0.259. The van der Waals surface area contributed by atoms with E-state index in [0.29, 0.717) is 106 Å². The third-order valence-electron chi connectivity index (χ3n) is 5.14. The summed E-state index contributed by atoms with van der Waals surface area (Å²) in [6.45, 7) is 10.5. The molecular weight excluding hydrogens is 576 g/mol. The van der Waals surface area contributed by atoms with Crippen LogP contribution < -0.4 is 0 Å². The highest BCUT2D eigenvalue weighted by molar-refractivity contribution is 7.86. The van der Waals surface area contributed by atoms with E-state index in [4.69, 9.17) is 46.8 Å². The molecule has 244 valence electrons. The van der Waals surface area contributed by atoms with Gasteiger partial charge < -0.3 is 42.6 Å². The fraction of sp³-hybridized carbons (Fsp3) is 0.750. The Balaban J connectivity index is 1.72. The first kappa shape index (κ1) is 38.3. The summed E-state index contributed by atoms with van der Waals surface area (Å²) in [5.41, 5.74) is 0.973. The zero-order valence-electron chi connectivity index (χ0n) is 25.0. The Bertz CT molecular complexity index is 865. The Kier molecular flexibility index (Phi) is 24.5. The van der Waals surface area contributed by atoms with Gasteiger partial charge in [0.05, 0.1) is 130 Å². The van der Waals surface area contributed by atoms with Crippen molar-refractivity contribution >= 4 is 16.1 Å². The van der Waals surface area contributed by atoms with Crippen molar-refractivity contribution in [1.82, 2.24) is 0 Å². The van der Waals surface area contributed by atoms with E-state index in [1.54, 1.807) is 19.1 Å². The monoisotopic (exact) mass is 624 g/mol. The average molecular weight is 625 g/mol. The zero-order valence-corrected chi connectivity index (χ0v) is 25.8. The first-order valence-corrected chi connectivity index (χ1v) is 15.6. The second-order valence-electron chi connectivity index (χ2n) is 8.54. The second-order valence-corrected chi connectivity index (χ2v) is 10.2. The maximum atomic E-state index is 12.1. The van der Waals surface area contributed by atoms with Gasteiger partial charge in [0.15, 0.2) is 0 Å². The molecule has 0 bridgehead atoms. The first-order chi connectivity index (χ1) is 20.5. The predicted octanol–water partition coefficient (Wildman–Crippen LogP) is 1.79. The Hall–Kier alpha value is -1.72. The number of rotatable bonds is 30. The molecule has 0 aliphatic carbocycles. The molecule has 1 aromatic carbocycles. The molecule has 13 nitrogen and oxygen atoms in total. The minimum absolute atomic E-state index is 0.0619. The number of ether oxygens (including phenoxy) is 9. The van der Waals surface area contributed by atoms with Crippen LogP contribution in [0, 0.1) is 6.92 Å². The van der Waals surface area contributed by atoms with Crippen LogP contribution in [-0.2, 0) is 61.7 Å². The zero-order chi connectivity index (χ0) is 30.6. The van der Waals surface area contributed by atoms with Gasteiger partial charge in [-0.1, -0.05) is 17.7 Å². The molecule has 0 N–H and O–H groups in total. The van der Waals surface area contributed by atoms with Crippen molar-refractivity contribution in [2.45, 2.75) is 25.2 Å². The molecule has 1 aromatic rings. The van der Waals surface area contributed by atoms with Gasteiger partial charge in [-0.15, -0.1) is 0 Å². The van der Waals surface area contributed by atoms with Gasteiger partial charge in [-0.3, -0.25) is 8.98 Å². The molecule has 0 radical (unpaired) electrons. The summed E-state index contributed by atoms with van der Waals surface area (Å²) in [4.78, 5) is 11.3. The molecule has 0 unspecified atom stereocenters. The summed E-state index contributed by atoms with van der Waals surface area (Å²) >= 11 is 0. The van der Waals surface area contributed by atoms with Crippen LogP contribution in [0.25, 0.3) is 0 Å². The van der Waals surface area contributed by atoms with E-state index in [1.165, 1.54) is 12.1 Å². The Morgan fingerprint density at radius 1 is 0.548 bits per heavy atom. The lowest BCUT2D eigenvalue weighted by Gasteiger charge is -2.09. The lowest BCUT2D eigenvalue weighted by Crippen LogP contribution is -2.15. The number of carbonyl (C=O) groups excluding carboxylic acids is 1. The van der Waals surface area contributed by atoms with Crippen molar-refractivity contribution in [3.63, 3.8) is 0 Å². The maximum absolute atomic E-state index is 12.1. The second kappa shape index (κ2) is 26.9. The van der Waals surface area contributed by atoms with E-state index in [0.717, 1.165) is 5.56 Å². The van der Waals surface area contributed by atoms with Crippen LogP contribution in [-0.4, -0.2) is 133 Å². The summed E-state index contributed by atoms with van der Waals surface area (Å²) in [6, 6.07) is 6.47. The molecular formula is C28H48O13S. The molecule has 0 aromatic heterocycles. The molecule has 0 amide bonds. The molecule has 0 heterocycles. The van der Waals surface area contributed by atoms with Gasteiger partial charge in [0, 0.05) is 0 Å². The number of esters is 1. The van der Waals surface area contributed by atoms with Crippen LogP contribution >= 0.6 is 0 Å². The number of carbonyl (C=O) groups is 1. The third kappa shape index (κ3) is 22.8. The van der Waals surface area contributed by atoms with Gasteiger partial charge in [0.25, 0.3) is 10.1 Å². The average Bonchev–Trinajstić information content (AvgIpc) is 2.97. The van der Waals surface area contributed by atoms with Gasteiger partial charge in [-0.25, -0.2) is 0 Å². The van der Waals surface area contributed by atoms with Gasteiger partial charge >= 0.3 is 5.97 Å². The molecule has 0 spiro atoms. The highest BCUT2D eigenvalue weighted by atomic mass is 32.2. The molecule has 0 aliphatic heterocycles. The summed E-state index contributed by atoms with van der Waals surface area (Å²) in [7, 11) is -3.77. The number of aryl methyl sites for hydroxylation is 1. The molecule has 0 saturated heterocycles. The molecule has 1 rings (SSSR count). The van der Waals surface area contributed by atoms with Crippen molar-refractivity contribution < 1.29 is 60.0 Å². The van der Waals surface area contributed by atoms with Gasteiger partial charge in [0.1, 0.15) is 0 Å². The minimum atomic E-state index is -3.77. The van der Waals surface area contributed by atoms with E-state index in [9.17, 15) is 13.2 Å². The van der Waals surface area contributed by atoms with E-state index >= 15 is 0 Å². The SMILES string of the molecule is CCOC(=O)CCOCCOCCOCCOCCOCCOCCOCCOCCOS(=O)(=O)c1ccc(C)cc1. The Labute approximate surface area is 250 Å². The van der Waals surface area contributed by atoms with Crippen LogP contribution in [0.4, 0.5) is 0 Å². The van der Waals surface area contributed by atoms with Gasteiger partial charge in [-0.2, -0.15) is 8.42 Å². The third-order valence-corrected chi connectivity index (χ3v) is 6.46. The molecule has 14 heteroatoms. The standard InChI is InChI=1S/C28H48O13S/c1-3-40-28(29)8-9-32-10-11-33-12-13-34-14-15-35-16-17-36-18-19-37-20-21-38-22-23-39-24-25-41-42(30,31)27-6-4-26(2)5-7-27/h4-7H,3,8-25H2,1-2H3. The van der Waals surface area contributed by atoms with Crippen molar-refractivity contribution in [3.8, 4) is 0 Å². The minimum Gasteiger partial charge on any atom is -0.466 e. The quantitative estimate of drug-likeness (QED) is 0.0698. The number of hydrogen-bond donors (Lipinski definition) is 0. The first-order valence-electron chi connectivity index (χ1n) is 14.2. The van der Waals surface area contributed by atoms with Crippen molar-refractivity contribution in [2.24, 2.45) is 0 Å². The molecule has 0 saturated carbocycles. The predicted molar refractivity (Wildman–Crippen MR) is 152 cm³/mol. The number of benzene rings is 1.